The molecule has 1 saturated heterocycles. The summed E-state index contributed by atoms with van der Waals surface area (Å²) < 4.78 is 5.73. The number of rotatable bonds is 2. The monoisotopic (exact) mass is 220 g/mol. The standard InChI is InChI=1S/C13H20N2O/c1-13(2)9-11(7-8-16-13)10-3-5-12(15-14)6-4-10/h3-6,11,15H,7-9,14H2,1-2H3/t11-/m0/s1. The molecular weight excluding hydrogens is 200 g/mol. The van der Waals surface area contributed by atoms with Crippen molar-refractivity contribution in [2.75, 3.05) is 12.0 Å². The molecule has 0 spiro atoms. The van der Waals surface area contributed by atoms with Crippen molar-refractivity contribution < 1.29 is 4.74 Å². The van der Waals surface area contributed by atoms with Crippen molar-refractivity contribution in [3.63, 3.8) is 0 Å². The quantitative estimate of drug-likeness (QED) is 0.595. The molecule has 88 valence electrons. The van der Waals surface area contributed by atoms with Gasteiger partial charge >= 0.3 is 0 Å². The first kappa shape index (κ1) is 11.4. The molecule has 3 nitrogen and oxygen atoms in total. The summed E-state index contributed by atoms with van der Waals surface area (Å²) in [5, 5.41) is 0. The molecule has 0 aromatic heterocycles. The van der Waals surface area contributed by atoms with E-state index in [9.17, 15) is 0 Å². The van der Waals surface area contributed by atoms with E-state index in [1.807, 2.05) is 12.1 Å². The number of nitrogen functional groups attached to an aromatic ring is 1. The number of nitrogens with one attached hydrogen (secondary N) is 1. The molecule has 1 fully saturated rings. The number of nitrogens with two attached hydrogens (primary N) is 1. The summed E-state index contributed by atoms with van der Waals surface area (Å²) in [6, 6.07) is 8.36. The maximum absolute atomic E-state index is 5.73. The zero-order chi connectivity index (χ0) is 11.6. The van der Waals surface area contributed by atoms with Gasteiger partial charge in [-0.25, -0.2) is 0 Å². The molecule has 0 radical (unpaired) electrons. The minimum absolute atomic E-state index is 0.00764. The molecule has 0 bridgehead atoms. The van der Waals surface area contributed by atoms with Crippen molar-refractivity contribution in [3.05, 3.63) is 29.8 Å². The van der Waals surface area contributed by atoms with Crippen LogP contribution in [0.3, 0.4) is 0 Å². The van der Waals surface area contributed by atoms with Crippen LogP contribution in [0, 0.1) is 0 Å². The van der Waals surface area contributed by atoms with E-state index in [1.165, 1.54) is 5.56 Å². The van der Waals surface area contributed by atoms with Gasteiger partial charge in [0.15, 0.2) is 0 Å². The van der Waals surface area contributed by atoms with E-state index in [0.717, 1.165) is 25.1 Å². The number of benzene rings is 1. The Morgan fingerprint density at radius 1 is 1.31 bits per heavy atom. The molecule has 3 heteroatoms. The van der Waals surface area contributed by atoms with Crippen LogP contribution in [0.4, 0.5) is 5.69 Å². The van der Waals surface area contributed by atoms with Gasteiger partial charge in [0.2, 0.25) is 0 Å². The fourth-order valence-corrected chi connectivity index (χ4v) is 2.37. The normalized spacial score (nSPS) is 24.1. The van der Waals surface area contributed by atoms with E-state index in [0.29, 0.717) is 5.92 Å². The van der Waals surface area contributed by atoms with Gasteiger partial charge in [0.1, 0.15) is 0 Å². The smallest absolute Gasteiger partial charge is 0.0632 e. The first-order valence-electron chi connectivity index (χ1n) is 5.81. The number of hydrogen-bond acceptors (Lipinski definition) is 3. The number of ether oxygens (including phenoxy) is 1. The molecule has 1 atom stereocenters. The Kier molecular flexibility index (Phi) is 3.17. The first-order valence-corrected chi connectivity index (χ1v) is 5.81. The molecule has 1 aliphatic heterocycles. The van der Waals surface area contributed by atoms with Gasteiger partial charge < -0.3 is 10.2 Å². The molecule has 16 heavy (non-hydrogen) atoms. The van der Waals surface area contributed by atoms with E-state index in [-0.39, 0.29) is 5.60 Å². The van der Waals surface area contributed by atoms with Gasteiger partial charge in [-0.2, -0.15) is 0 Å². The molecular formula is C13H20N2O. The zero-order valence-corrected chi connectivity index (χ0v) is 9.99. The van der Waals surface area contributed by atoms with Gasteiger partial charge in [-0.05, 0) is 50.3 Å². The van der Waals surface area contributed by atoms with Crippen molar-refractivity contribution in [1.29, 1.82) is 0 Å². The van der Waals surface area contributed by atoms with Gasteiger partial charge in [0.25, 0.3) is 0 Å². The van der Waals surface area contributed by atoms with Crippen LogP contribution in [-0.2, 0) is 4.74 Å². The summed E-state index contributed by atoms with van der Waals surface area (Å²) in [5.41, 5.74) is 4.99. The van der Waals surface area contributed by atoms with Crippen LogP contribution in [0.2, 0.25) is 0 Å². The summed E-state index contributed by atoms with van der Waals surface area (Å²) >= 11 is 0. The lowest BCUT2D eigenvalue weighted by atomic mass is 9.83. The highest BCUT2D eigenvalue weighted by Gasteiger charge is 2.29. The Morgan fingerprint density at radius 3 is 2.56 bits per heavy atom. The first-order chi connectivity index (χ1) is 7.61. The van der Waals surface area contributed by atoms with E-state index >= 15 is 0 Å². The van der Waals surface area contributed by atoms with Gasteiger partial charge in [-0.15, -0.1) is 0 Å². The fraction of sp³-hybridized carbons (Fsp3) is 0.538. The molecule has 0 saturated carbocycles. The van der Waals surface area contributed by atoms with Crippen LogP contribution in [0.5, 0.6) is 0 Å². The lowest BCUT2D eigenvalue weighted by Crippen LogP contribution is -2.32. The van der Waals surface area contributed by atoms with Gasteiger partial charge in [-0.1, -0.05) is 12.1 Å². The third kappa shape index (κ3) is 2.54. The topological polar surface area (TPSA) is 47.3 Å². The molecule has 0 amide bonds. The lowest BCUT2D eigenvalue weighted by molar-refractivity contribution is -0.0592. The molecule has 1 aromatic rings. The van der Waals surface area contributed by atoms with Crippen LogP contribution in [0.1, 0.15) is 38.2 Å². The molecule has 0 aliphatic carbocycles. The SMILES string of the molecule is CC1(C)C[C@@H](c2ccc(NN)cc2)CCO1. The molecule has 1 aromatic carbocycles. The number of hydrogen-bond donors (Lipinski definition) is 2. The highest BCUT2D eigenvalue weighted by molar-refractivity contribution is 5.44. The van der Waals surface area contributed by atoms with E-state index in [2.05, 4.69) is 31.4 Å². The van der Waals surface area contributed by atoms with Crippen molar-refractivity contribution in [2.24, 2.45) is 5.84 Å². The molecule has 0 unspecified atom stereocenters. The van der Waals surface area contributed by atoms with Gasteiger partial charge in [-0.3, -0.25) is 5.84 Å². The summed E-state index contributed by atoms with van der Waals surface area (Å²) in [4.78, 5) is 0. The predicted octanol–water partition coefficient (Wildman–Crippen LogP) is 2.64. The van der Waals surface area contributed by atoms with Crippen LogP contribution in [0.15, 0.2) is 24.3 Å². The molecule has 1 aliphatic rings. The second-order valence-electron chi connectivity index (χ2n) is 5.06. The van der Waals surface area contributed by atoms with E-state index < -0.39 is 0 Å². The van der Waals surface area contributed by atoms with E-state index in [1.54, 1.807) is 0 Å². The Labute approximate surface area is 97.0 Å². The highest BCUT2D eigenvalue weighted by atomic mass is 16.5. The van der Waals surface area contributed by atoms with Crippen LogP contribution in [-0.4, -0.2) is 12.2 Å². The van der Waals surface area contributed by atoms with Gasteiger partial charge in [0, 0.05) is 12.3 Å². The van der Waals surface area contributed by atoms with Gasteiger partial charge in [0.05, 0.1) is 5.60 Å². The molecule has 2 rings (SSSR count). The number of anilines is 1. The fourth-order valence-electron chi connectivity index (χ4n) is 2.37. The third-order valence-corrected chi connectivity index (χ3v) is 3.25. The van der Waals surface area contributed by atoms with Crippen molar-refractivity contribution in [2.45, 2.75) is 38.2 Å². The maximum Gasteiger partial charge on any atom is 0.0632 e. The van der Waals surface area contributed by atoms with Crippen LogP contribution >= 0.6 is 0 Å². The largest absolute Gasteiger partial charge is 0.376 e. The average molecular weight is 220 g/mol. The molecule has 1 heterocycles. The third-order valence-electron chi connectivity index (χ3n) is 3.25. The Bertz CT molecular complexity index is 345. The Balaban J connectivity index is 2.11. The lowest BCUT2D eigenvalue weighted by Gasteiger charge is -2.35. The molecule has 3 N–H and O–H groups in total. The zero-order valence-electron chi connectivity index (χ0n) is 9.99. The summed E-state index contributed by atoms with van der Waals surface area (Å²) in [7, 11) is 0. The van der Waals surface area contributed by atoms with Crippen LogP contribution in [0.25, 0.3) is 0 Å². The van der Waals surface area contributed by atoms with Crippen molar-refractivity contribution in [1.82, 2.24) is 0 Å². The Hall–Kier alpha value is -1.06. The highest BCUT2D eigenvalue weighted by Crippen LogP contribution is 2.35. The van der Waals surface area contributed by atoms with Crippen LogP contribution < -0.4 is 11.3 Å². The summed E-state index contributed by atoms with van der Waals surface area (Å²) in [5.74, 6) is 5.96. The minimum atomic E-state index is 0.00764. The summed E-state index contributed by atoms with van der Waals surface area (Å²) in [6.45, 7) is 5.18. The van der Waals surface area contributed by atoms with Crippen molar-refractivity contribution >= 4 is 5.69 Å². The van der Waals surface area contributed by atoms with E-state index in [4.69, 9.17) is 10.6 Å². The Morgan fingerprint density at radius 2 is 2.00 bits per heavy atom. The number of hydrazine groups is 1. The minimum Gasteiger partial charge on any atom is -0.376 e. The second kappa shape index (κ2) is 4.44. The summed E-state index contributed by atoms with van der Waals surface area (Å²) in [6.07, 6.45) is 2.20. The predicted molar refractivity (Wildman–Crippen MR) is 66.3 cm³/mol. The maximum atomic E-state index is 5.73. The van der Waals surface area contributed by atoms with Crippen molar-refractivity contribution in [3.8, 4) is 0 Å². The second-order valence-corrected chi connectivity index (χ2v) is 5.06. The average Bonchev–Trinajstić information content (AvgIpc) is 2.28.